The second-order valence-electron chi connectivity index (χ2n) is 3.21. The van der Waals surface area contributed by atoms with Crippen LogP contribution in [0.15, 0.2) is 18.3 Å². The van der Waals surface area contributed by atoms with Gasteiger partial charge in [-0.15, -0.1) is 0 Å². The lowest BCUT2D eigenvalue weighted by molar-refractivity contribution is 0.00737. The first-order valence-electron chi connectivity index (χ1n) is 4.56. The number of nitriles is 1. The maximum atomic E-state index is 8.77. The molecule has 0 aromatic carbocycles. The van der Waals surface area contributed by atoms with Gasteiger partial charge in [0.2, 0.25) is 0 Å². The van der Waals surface area contributed by atoms with Crippen LogP contribution in [0.1, 0.15) is 11.3 Å². The van der Waals surface area contributed by atoms with Crippen molar-refractivity contribution in [3.63, 3.8) is 0 Å². The van der Waals surface area contributed by atoms with Crippen molar-refractivity contribution in [2.75, 3.05) is 13.1 Å². The molecular weight excluding hydrogens is 178 g/mol. The number of nitrogens with one attached hydrogen (secondary N) is 1. The van der Waals surface area contributed by atoms with Crippen molar-refractivity contribution in [2.24, 2.45) is 0 Å². The Morgan fingerprint density at radius 2 is 2.50 bits per heavy atom. The second kappa shape index (κ2) is 4.18. The van der Waals surface area contributed by atoms with Crippen molar-refractivity contribution in [1.82, 2.24) is 10.3 Å². The van der Waals surface area contributed by atoms with Crippen LogP contribution < -0.4 is 5.32 Å². The number of rotatable bonds is 3. The number of pyridine rings is 1. The molecule has 4 heteroatoms. The minimum atomic E-state index is 0.293. The molecular formula is C10H11N3O. The topological polar surface area (TPSA) is 57.9 Å². The van der Waals surface area contributed by atoms with Crippen molar-refractivity contribution in [1.29, 1.82) is 5.26 Å². The molecule has 0 bridgehead atoms. The molecule has 14 heavy (non-hydrogen) atoms. The van der Waals surface area contributed by atoms with Gasteiger partial charge in [0.05, 0.1) is 12.7 Å². The molecule has 0 amide bonds. The van der Waals surface area contributed by atoms with E-state index in [1.54, 1.807) is 6.20 Å². The highest BCUT2D eigenvalue weighted by molar-refractivity contribution is 5.29. The first kappa shape index (κ1) is 9.13. The molecule has 0 radical (unpaired) electrons. The largest absolute Gasteiger partial charge is 0.371 e. The summed E-state index contributed by atoms with van der Waals surface area (Å²) in [6.45, 7) is 2.29. The van der Waals surface area contributed by atoms with E-state index in [0.29, 0.717) is 18.4 Å². The van der Waals surface area contributed by atoms with Crippen molar-refractivity contribution in [2.45, 2.75) is 12.7 Å². The summed E-state index contributed by atoms with van der Waals surface area (Å²) in [6.07, 6.45) is 1.91. The SMILES string of the molecule is N#Cc1ncccc1COC1CNC1. The summed E-state index contributed by atoms with van der Waals surface area (Å²) in [5, 5.41) is 11.9. The lowest BCUT2D eigenvalue weighted by Gasteiger charge is -2.27. The van der Waals surface area contributed by atoms with Gasteiger partial charge in [0, 0.05) is 24.8 Å². The molecule has 1 aromatic heterocycles. The zero-order chi connectivity index (χ0) is 9.80. The van der Waals surface area contributed by atoms with Gasteiger partial charge in [0.25, 0.3) is 0 Å². The number of hydrogen-bond donors (Lipinski definition) is 1. The van der Waals surface area contributed by atoms with Crippen LogP contribution >= 0.6 is 0 Å². The fourth-order valence-electron chi connectivity index (χ4n) is 1.24. The van der Waals surface area contributed by atoms with Crippen LogP contribution in [-0.4, -0.2) is 24.2 Å². The summed E-state index contributed by atoms with van der Waals surface area (Å²) in [7, 11) is 0. The van der Waals surface area contributed by atoms with Crippen LogP contribution in [0, 0.1) is 11.3 Å². The Kier molecular flexibility index (Phi) is 2.73. The first-order chi connectivity index (χ1) is 6.90. The van der Waals surface area contributed by atoms with Crippen LogP contribution in [-0.2, 0) is 11.3 Å². The first-order valence-corrected chi connectivity index (χ1v) is 4.56. The fraction of sp³-hybridized carbons (Fsp3) is 0.400. The molecule has 0 spiro atoms. The third-order valence-corrected chi connectivity index (χ3v) is 2.22. The molecule has 0 atom stereocenters. The van der Waals surface area contributed by atoms with Crippen LogP contribution in [0.5, 0.6) is 0 Å². The van der Waals surface area contributed by atoms with Gasteiger partial charge in [0.15, 0.2) is 0 Å². The fourth-order valence-corrected chi connectivity index (χ4v) is 1.24. The lowest BCUT2D eigenvalue weighted by atomic mass is 10.2. The zero-order valence-corrected chi connectivity index (χ0v) is 7.73. The molecule has 2 heterocycles. The van der Waals surface area contributed by atoms with Gasteiger partial charge < -0.3 is 10.1 Å². The predicted octanol–water partition coefficient (Wildman–Crippen LogP) is 0.442. The Morgan fingerprint density at radius 3 is 3.14 bits per heavy atom. The van der Waals surface area contributed by atoms with Crippen LogP contribution in [0.4, 0.5) is 0 Å². The van der Waals surface area contributed by atoms with Crippen molar-refractivity contribution in [3.8, 4) is 6.07 Å². The quantitative estimate of drug-likeness (QED) is 0.749. The molecule has 1 aliphatic heterocycles. The zero-order valence-electron chi connectivity index (χ0n) is 7.73. The minimum Gasteiger partial charge on any atom is -0.371 e. The summed E-state index contributed by atoms with van der Waals surface area (Å²) < 4.78 is 5.55. The standard InChI is InChI=1S/C10H11N3O/c11-4-10-8(2-1-3-13-10)7-14-9-5-12-6-9/h1-3,9,12H,5-7H2. The van der Waals surface area contributed by atoms with E-state index >= 15 is 0 Å². The van der Waals surface area contributed by atoms with Crippen molar-refractivity contribution in [3.05, 3.63) is 29.6 Å². The van der Waals surface area contributed by atoms with Gasteiger partial charge in [-0.1, -0.05) is 6.07 Å². The van der Waals surface area contributed by atoms with Crippen LogP contribution in [0.2, 0.25) is 0 Å². The molecule has 1 N–H and O–H groups in total. The summed E-state index contributed by atoms with van der Waals surface area (Å²) in [5.74, 6) is 0. The van der Waals surface area contributed by atoms with Gasteiger partial charge in [-0.05, 0) is 6.07 Å². The number of nitrogens with zero attached hydrogens (tertiary/aromatic N) is 2. The monoisotopic (exact) mass is 189 g/mol. The highest BCUT2D eigenvalue weighted by atomic mass is 16.5. The van der Waals surface area contributed by atoms with Crippen molar-refractivity contribution >= 4 is 0 Å². The third kappa shape index (κ3) is 1.90. The van der Waals surface area contributed by atoms with E-state index in [1.807, 2.05) is 18.2 Å². The van der Waals surface area contributed by atoms with E-state index in [4.69, 9.17) is 10.00 Å². The Labute approximate surface area is 82.5 Å². The normalized spacial score (nSPS) is 15.9. The maximum Gasteiger partial charge on any atom is 0.145 e. The molecule has 0 unspecified atom stereocenters. The van der Waals surface area contributed by atoms with Gasteiger partial charge >= 0.3 is 0 Å². The molecule has 1 aliphatic rings. The number of ether oxygens (including phenoxy) is 1. The Morgan fingerprint density at radius 1 is 1.64 bits per heavy atom. The van der Waals surface area contributed by atoms with Gasteiger partial charge in [-0.25, -0.2) is 4.98 Å². The molecule has 2 rings (SSSR count). The van der Waals surface area contributed by atoms with Gasteiger partial charge in [-0.3, -0.25) is 0 Å². The Hall–Kier alpha value is -1.44. The number of aromatic nitrogens is 1. The van der Waals surface area contributed by atoms with Gasteiger partial charge in [-0.2, -0.15) is 5.26 Å². The molecule has 0 saturated carbocycles. The van der Waals surface area contributed by atoms with E-state index in [2.05, 4.69) is 10.3 Å². The Bertz CT molecular complexity index is 355. The lowest BCUT2D eigenvalue weighted by Crippen LogP contribution is -2.48. The summed E-state index contributed by atoms with van der Waals surface area (Å²) in [6, 6.07) is 5.74. The summed E-state index contributed by atoms with van der Waals surface area (Å²) in [5.41, 5.74) is 1.32. The predicted molar refractivity (Wildman–Crippen MR) is 50.4 cm³/mol. The van der Waals surface area contributed by atoms with Crippen LogP contribution in [0.25, 0.3) is 0 Å². The van der Waals surface area contributed by atoms with E-state index in [1.165, 1.54) is 0 Å². The third-order valence-electron chi connectivity index (χ3n) is 2.22. The molecule has 1 saturated heterocycles. The molecule has 72 valence electrons. The maximum absolute atomic E-state index is 8.77. The molecule has 1 aromatic rings. The average Bonchev–Trinajstić information content (AvgIpc) is 2.16. The van der Waals surface area contributed by atoms with Crippen LogP contribution in [0.3, 0.4) is 0 Å². The van der Waals surface area contributed by atoms with Gasteiger partial charge in [0.1, 0.15) is 11.8 Å². The second-order valence-corrected chi connectivity index (χ2v) is 3.21. The molecule has 1 fully saturated rings. The smallest absolute Gasteiger partial charge is 0.145 e. The van der Waals surface area contributed by atoms with E-state index in [-0.39, 0.29) is 0 Å². The number of hydrogen-bond acceptors (Lipinski definition) is 4. The Balaban J connectivity index is 1.97. The summed E-state index contributed by atoms with van der Waals surface area (Å²) >= 11 is 0. The summed E-state index contributed by atoms with van der Waals surface area (Å²) in [4.78, 5) is 3.96. The van der Waals surface area contributed by atoms with E-state index in [0.717, 1.165) is 18.7 Å². The van der Waals surface area contributed by atoms with Crippen molar-refractivity contribution < 1.29 is 4.74 Å². The highest BCUT2D eigenvalue weighted by Crippen LogP contribution is 2.08. The minimum absolute atomic E-state index is 0.293. The molecule has 0 aliphatic carbocycles. The average molecular weight is 189 g/mol. The molecule has 4 nitrogen and oxygen atoms in total. The highest BCUT2D eigenvalue weighted by Gasteiger charge is 2.17. The van der Waals surface area contributed by atoms with E-state index in [9.17, 15) is 0 Å². The van der Waals surface area contributed by atoms with E-state index < -0.39 is 0 Å².